The minimum Gasteiger partial charge on any atom is -0.379 e. The zero-order chi connectivity index (χ0) is 10.7. The Morgan fingerprint density at radius 2 is 2.20 bits per heavy atom. The molecule has 0 aliphatic carbocycles. The van der Waals surface area contributed by atoms with Crippen LogP contribution in [0.15, 0.2) is 30.5 Å². The number of aromatic nitrogens is 1. The number of benzene rings is 1. The van der Waals surface area contributed by atoms with Gasteiger partial charge in [0, 0.05) is 23.6 Å². The van der Waals surface area contributed by atoms with Gasteiger partial charge in [-0.2, -0.15) is 0 Å². The van der Waals surface area contributed by atoms with Crippen molar-refractivity contribution in [2.24, 2.45) is 0 Å². The van der Waals surface area contributed by atoms with Crippen molar-refractivity contribution >= 4 is 10.9 Å². The Hall–Kier alpha value is -1.32. The van der Waals surface area contributed by atoms with Crippen LogP contribution in [0.4, 0.5) is 0 Å². The normalized spacial score (nSPS) is 13.2. The van der Waals surface area contributed by atoms with Gasteiger partial charge >= 0.3 is 0 Å². The van der Waals surface area contributed by atoms with E-state index in [0.717, 1.165) is 13.0 Å². The van der Waals surface area contributed by atoms with Crippen molar-refractivity contribution in [3.05, 3.63) is 36.0 Å². The Morgan fingerprint density at radius 1 is 1.40 bits per heavy atom. The quantitative estimate of drug-likeness (QED) is 0.663. The van der Waals surface area contributed by atoms with Crippen LogP contribution in [0.25, 0.3) is 10.9 Å². The third-order valence-corrected chi connectivity index (χ3v) is 2.51. The molecule has 0 amide bonds. The largest absolute Gasteiger partial charge is 0.379 e. The van der Waals surface area contributed by atoms with Gasteiger partial charge in [-0.1, -0.05) is 18.2 Å². The molecule has 80 valence electrons. The first-order chi connectivity index (χ1) is 7.27. The number of aromatic amines is 1. The van der Waals surface area contributed by atoms with Gasteiger partial charge in [-0.15, -0.1) is 0 Å². The summed E-state index contributed by atoms with van der Waals surface area (Å²) in [5.41, 5.74) is 2.46. The van der Waals surface area contributed by atoms with Crippen LogP contribution in [0.1, 0.15) is 12.5 Å². The highest BCUT2D eigenvalue weighted by atomic mass is 16.3. The molecule has 15 heavy (non-hydrogen) atoms. The number of hydrogen-bond acceptors (Lipinski definition) is 2. The van der Waals surface area contributed by atoms with Crippen molar-refractivity contribution in [3.8, 4) is 0 Å². The van der Waals surface area contributed by atoms with Crippen molar-refractivity contribution in [1.82, 2.24) is 10.3 Å². The van der Waals surface area contributed by atoms with E-state index in [1.54, 1.807) is 6.92 Å². The third-order valence-electron chi connectivity index (χ3n) is 2.51. The number of nitrogens with one attached hydrogen (secondary N) is 2. The lowest BCUT2D eigenvalue weighted by Crippen LogP contribution is -2.27. The maximum atomic E-state index is 9.08. The van der Waals surface area contributed by atoms with Crippen molar-refractivity contribution in [2.75, 3.05) is 6.54 Å². The Kier molecular flexibility index (Phi) is 3.04. The van der Waals surface area contributed by atoms with E-state index in [4.69, 9.17) is 5.11 Å². The molecule has 1 aromatic carbocycles. The molecule has 1 atom stereocenters. The molecule has 0 aliphatic heterocycles. The molecule has 2 aromatic rings. The molecule has 2 rings (SSSR count). The van der Waals surface area contributed by atoms with Crippen molar-refractivity contribution in [1.29, 1.82) is 0 Å². The second kappa shape index (κ2) is 4.47. The zero-order valence-electron chi connectivity index (χ0n) is 8.83. The average molecular weight is 204 g/mol. The lowest BCUT2D eigenvalue weighted by molar-refractivity contribution is 0.157. The van der Waals surface area contributed by atoms with E-state index in [1.165, 1.54) is 16.5 Å². The molecular formula is C12H16N2O. The molecule has 0 radical (unpaired) electrons. The van der Waals surface area contributed by atoms with Gasteiger partial charge < -0.3 is 10.1 Å². The number of rotatable bonds is 4. The molecule has 0 fully saturated rings. The molecule has 1 heterocycles. The predicted octanol–water partition coefficient (Wildman–Crippen LogP) is 1.64. The summed E-state index contributed by atoms with van der Waals surface area (Å²) in [5.74, 6) is 0. The van der Waals surface area contributed by atoms with Crippen LogP contribution in [-0.2, 0) is 6.42 Å². The van der Waals surface area contributed by atoms with E-state index in [1.807, 2.05) is 18.3 Å². The summed E-state index contributed by atoms with van der Waals surface area (Å²) in [6.45, 7) is 2.52. The third kappa shape index (κ3) is 2.37. The molecule has 1 unspecified atom stereocenters. The lowest BCUT2D eigenvalue weighted by atomic mass is 10.1. The van der Waals surface area contributed by atoms with Crippen LogP contribution in [0.3, 0.4) is 0 Å². The number of fused-ring (bicyclic) bond motifs is 1. The van der Waals surface area contributed by atoms with Crippen LogP contribution in [-0.4, -0.2) is 22.9 Å². The molecule has 0 saturated carbocycles. The molecule has 3 heteroatoms. The van der Waals surface area contributed by atoms with Gasteiger partial charge in [-0.25, -0.2) is 0 Å². The van der Waals surface area contributed by atoms with Gasteiger partial charge in [-0.3, -0.25) is 5.32 Å². The first-order valence-electron chi connectivity index (χ1n) is 5.24. The van der Waals surface area contributed by atoms with E-state index in [-0.39, 0.29) is 0 Å². The second-order valence-electron chi connectivity index (χ2n) is 3.74. The van der Waals surface area contributed by atoms with Crippen molar-refractivity contribution in [3.63, 3.8) is 0 Å². The maximum Gasteiger partial charge on any atom is 0.102 e. The fraction of sp³-hybridized carbons (Fsp3) is 0.333. The summed E-state index contributed by atoms with van der Waals surface area (Å²) in [5, 5.41) is 13.3. The molecule has 3 nitrogen and oxygen atoms in total. The van der Waals surface area contributed by atoms with E-state index in [2.05, 4.69) is 22.4 Å². The molecule has 0 aliphatic rings. The topological polar surface area (TPSA) is 48.0 Å². The van der Waals surface area contributed by atoms with Gasteiger partial charge in [0.05, 0.1) is 0 Å². The van der Waals surface area contributed by atoms with Gasteiger partial charge in [-0.05, 0) is 25.0 Å². The van der Waals surface area contributed by atoms with Crippen LogP contribution in [0.5, 0.6) is 0 Å². The van der Waals surface area contributed by atoms with Gasteiger partial charge in [0.2, 0.25) is 0 Å². The van der Waals surface area contributed by atoms with Crippen LogP contribution >= 0.6 is 0 Å². The summed E-state index contributed by atoms with van der Waals surface area (Å²) in [6.07, 6.45) is 2.53. The number of para-hydroxylation sites is 1. The fourth-order valence-corrected chi connectivity index (χ4v) is 1.75. The van der Waals surface area contributed by atoms with Gasteiger partial charge in [0.15, 0.2) is 0 Å². The van der Waals surface area contributed by atoms with Gasteiger partial charge in [0.1, 0.15) is 6.23 Å². The predicted molar refractivity (Wildman–Crippen MR) is 61.7 cm³/mol. The molecule has 0 saturated heterocycles. The Morgan fingerprint density at radius 3 is 3.00 bits per heavy atom. The van der Waals surface area contributed by atoms with E-state index in [9.17, 15) is 0 Å². The first kappa shape index (κ1) is 10.2. The Balaban J connectivity index is 2.08. The maximum absolute atomic E-state index is 9.08. The highest BCUT2D eigenvalue weighted by molar-refractivity contribution is 5.83. The number of hydrogen-bond donors (Lipinski definition) is 3. The fourth-order valence-electron chi connectivity index (χ4n) is 1.75. The van der Waals surface area contributed by atoms with E-state index < -0.39 is 6.23 Å². The minimum absolute atomic E-state index is 0.435. The van der Waals surface area contributed by atoms with E-state index in [0.29, 0.717) is 0 Å². The molecule has 3 N–H and O–H groups in total. The minimum atomic E-state index is -0.435. The summed E-state index contributed by atoms with van der Waals surface area (Å²) in [6, 6.07) is 8.25. The van der Waals surface area contributed by atoms with Crippen LogP contribution in [0.2, 0.25) is 0 Å². The van der Waals surface area contributed by atoms with Crippen molar-refractivity contribution < 1.29 is 5.11 Å². The smallest absolute Gasteiger partial charge is 0.102 e. The monoisotopic (exact) mass is 204 g/mol. The zero-order valence-corrected chi connectivity index (χ0v) is 8.83. The standard InChI is InChI=1S/C12H16N2O/c1-9(15)13-7-6-10-8-14-12-5-3-2-4-11(10)12/h2-5,8-9,13-15H,6-7H2,1H3. The summed E-state index contributed by atoms with van der Waals surface area (Å²) < 4.78 is 0. The van der Waals surface area contributed by atoms with Crippen LogP contribution < -0.4 is 5.32 Å². The molecule has 0 spiro atoms. The summed E-state index contributed by atoms with van der Waals surface area (Å²) in [4.78, 5) is 3.24. The SMILES string of the molecule is CC(O)NCCc1c[nH]c2ccccc12. The lowest BCUT2D eigenvalue weighted by Gasteiger charge is -2.05. The highest BCUT2D eigenvalue weighted by Gasteiger charge is 2.02. The summed E-state index contributed by atoms with van der Waals surface area (Å²) in [7, 11) is 0. The Labute approximate surface area is 89.1 Å². The number of aliphatic hydroxyl groups is 1. The summed E-state index contributed by atoms with van der Waals surface area (Å²) >= 11 is 0. The van der Waals surface area contributed by atoms with Crippen LogP contribution in [0, 0.1) is 0 Å². The number of aliphatic hydroxyl groups excluding tert-OH is 1. The Bertz CT molecular complexity index is 434. The molecular weight excluding hydrogens is 188 g/mol. The van der Waals surface area contributed by atoms with E-state index >= 15 is 0 Å². The molecule has 0 bridgehead atoms. The highest BCUT2D eigenvalue weighted by Crippen LogP contribution is 2.17. The average Bonchev–Trinajstić information content (AvgIpc) is 2.62. The van der Waals surface area contributed by atoms with Crippen molar-refractivity contribution in [2.45, 2.75) is 19.6 Å². The first-order valence-corrected chi connectivity index (χ1v) is 5.24. The second-order valence-corrected chi connectivity index (χ2v) is 3.74. The van der Waals surface area contributed by atoms with Gasteiger partial charge in [0.25, 0.3) is 0 Å². The number of H-pyrrole nitrogens is 1. The molecule has 1 aromatic heterocycles.